The maximum Gasteiger partial charge on any atom is 1.00 e. The third-order valence-corrected chi connectivity index (χ3v) is 2.54. The van der Waals surface area contributed by atoms with Crippen LogP contribution in [0.3, 0.4) is 0 Å². The van der Waals surface area contributed by atoms with Crippen LogP contribution in [-0.2, 0) is 0 Å². The van der Waals surface area contributed by atoms with Crippen molar-refractivity contribution in [1.29, 1.82) is 0 Å². The monoisotopic (exact) mass is 384 g/mol. The van der Waals surface area contributed by atoms with E-state index in [2.05, 4.69) is 0 Å². The Hall–Kier alpha value is 0.770. The number of hydrogen-bond donors (Lipinski definition) is 0. The zero-order valence-electron chi connectivity index (χ0n) is 14.3. The maximum atomic E-state index is 11.3. The second-order valence-electron chi connectivity index (χ2n) is 3.80. The average Bonchev–Trinajstić information content (AvgIpc) is 2.34. The molecular formula is C12H4Na4O9. The van der Waals surface area contributed by atoms with Crippen LogP contribution < -0.4 is 139 Å². The second kappa shape index (κ2) is 13.9. The predicted molar refractivity (Wildman–Crippen MR) is 53.8 cm³/mol. The summed E-state index contributed by atoms with van der Waals surface area (Å²) >= 11 is 0. The summed E-state index contributed by atoms with van der Waals surface area (Å²) < 4.78 is 0. The van der Waals surface area contributed by atoms with Crippen LogP contribution in [0.4, 0.5) is 0 Å². The minimum absolute atomic E-state index is 0. The van der Waals surface area contributed by atoms with Gasteiger partial charge in [0, 0.05) is 27.8 Å². The van der Waals surface area contributed by atoms with Gasteiger partial charge in [0.2, 0.25) is 0 Å². The number of rotatable bonds is 5. The molecule has 1 aromatic rings. The van der Waals surface area contributed by atoms with Crippen molar-refractivity contribution in [1.82, 2.24) is 0 Å². The average molecular weight is 384 g/mol. The first-order valence-electron chi connectivity index (χ1n) is 5.16. The Kier molecular flexibility index (Phi) is 18.5. The van der Waals surface area contributed by atoms with Crippen molar-refractivity contribution >= 4 is 29.7 Å². The number of benzene rings is 1. The number of carbonyl (C=O) groups excluding carboxylic acids is 5. The van der Waals surface area contributed by atoms with Gasteiger partial charge in [-0.25, -0.2) is 0 Å². The molecule has 1 aromatic carbocycles. The summed E-state index contributed by atoms with van der Waals surface area (Å²) in [6, 6.07) is 0.375. The van der Waals surface area contributed by atoms with Crippen molar-refractivity contribution in [3.63, 3.8) is 0 Å². The van der Waals surface area contributed by atoms with Gasteiger partial charge in [-0.2, -0.15) is 0 Å². The molecule has 0 atom stereocenters. The molecule has 0 aliphatic heterocycles. The molecule has 0 radical (unpaired) electrons. The Morgan fingerprint density at radius 1 is 0.600 bits per heavy atom. The van der Waals surface area contributed by atoms with Gasteiger partial charge < -0.3 is 39.6 Å². The minimum atomic E-state index is -2.32. The van der Waals surface area contributed by atoms with Gasteiger partial charge in [-0.15, -0.1) is 0 Å². The van der Waals surface area contributed by atoms with Crippen LogP contribution in [0.5, 0.6) is 0 Å². The summed E-state index contributed by atoms with van der Waals surface area (Å²) in [5, 5.41) is 43.7. The topological polar surface area (TPSA) is 178 Å². The molecule has 0 amide bonds. The fourth-order valence-corrected chi connectivity index (χ4v) is 1.75. The summed E-state index contributed by atoms with van der Waals surface area (Å²) in [6.07, 6.45) is 0. The van der Waals surface area contributed by atoms with Crippen molar-refractivity contribution in [3.8, 4) is 0 Å². The molecule has 9 nitrogen and oxygen atoms in total. The number of aromatic carboxylic acids is 4. The molecule has 0 aromatic heterocycles. The number of carboxylic acids is 4. The van der Waals surface area contributed by atoms with Gasteiger partial charge in [0.25, 0.3) is 0 Å². The third kappa shape index (κ3) is 7.73. The molecule has 110 valence electrons. The van der Waals surface area contributed by atoms with Gasteiger partial charge in [0.1, 0.15) is 0 Å². The zero-order valence-corrected chi connectivity index (χ0v) is 22.3. The first-order chi connectivity index (χ1) is 9.59. The van der Waals surface area contributed by atoms with Crippen molar-refractivity contribution in [2.75, 3.05) is 0 Å². The van der Waals surface area contributed by atoms with Crippen molar-refractivity contribution < 1.29 is 163 Å². The smallest absolute Gasteiger partial charge is 0.545 e. The first-order valence-corrected chi connectivity index (χ1v) is 5.16. The Balaban J connectivity index is -0.000000551. The number of carboxylic acid groups (broad SMARTS) is 4. The summed E-state index contributed by atoms with van der Waals surface area (Å²) in [5.74, 6) is -9.95. The van der Waals surface area contributed by atoms with Gasteiger partial charge in [-0.3, -0.25) is 4.79 Å². The predicted octanol–water partition coefficient (Wildman–Crippen LogP) is -16.6. The van der Waals surface area contributed by atoms with Gasteiger partial charge in [-0.1, -0.05) is 0 Å². The molecule has 0 aliphatic carbocycles. The van der Waals surface area contributed by atoms with E-state index in [0.29, 0.717) is 6.07 Å². The number of ketones is 1. The molecule has 0 bridgehead atoms. The van der Waals surface area contributed by atoms with Crippen molar-refractivity contribution in [2.45, 2.75) is 6.92 Å². The fraction of sp³-hybridized carbons (Fsp3) is 0.0833. The standard InChI is InChI=1S/C12H8O9.4Na/c1-3(13)4-2-5(9(14)15)7(11(18)19)8(12(20)21)6(4)10(16)17;;;;/h2H,1H3,(H,14,15)(H,16,17)(H,18,19)(H,20,21);;;;/q;4*+1/p-4. The molecule has 0 saturated heterocycles. The van der Waals surface area contributed by atoms with Crippen LogP contribution in [0.15, 0.2) is 6.07 Å². The summed E-state index contributed by atoms with van der Waals surface area (Å²) in [6.45, 7) is 0.818. The van der Waals surface area contributed by atoms with Gasteiger partial charge in [0.05, 0.1) is 23.9 Å². The van der Waals surface area contributed by atoms with E-state index in [1.54, 1.807) is 0 Å². The SMILES string of the molecule is CC(=O)c1cc(C(=O)[O-])c(C(=O)[O-])c(C(=O)[O-])c1C(=O)[O-].[Na+].[Na+].[Na+].[Na+]. The van der Waals surface area contributed by atoms with Gasteiger partial charge in [0.15, 0.2) is 5.78 Å². The number of carbonyl (C=O) groups is 5. The molecule has 0 saturated carbocycles. The number of Topliss-reactive ketones (excluding diaryl/α,β-unsaturated/α-hetero) is 1. The van der Waals surface area contributed by atoms with E-state index >= 15 is 0 Å². The van der Waals surface area contributed by atoms with Crippen LogP contribution in [0.1, 0.15) is 58.7 Å². The number of hydrogen-bond acceptors (Lipinski definition) is 9. The van der Waals surface area contributed by atoms with Gasteiger partial charge >= 0.3 is 118 Å². The molecule has 0 fully saturated rings. The second-order valence-corrected chi connectivity index (χ2v) is 3.80. The van der Waals surface area contributed by atoms with E-state index < -0.39 is 57.5 Å². The fourth-order valence-electron chi connectivity index (χ4n) is 1.75. The molecule has 0 N–H and O–H groups in total. The largest absolute Gasteiger partial charge is 1.00 e. The van der Waals surface area contributed by atoms with E-state index in [1.807, 2.05) is 0 Å². The Morgan fingerprint density at radius 2 is 0.920 bits per heavy atom. The zero-order chi connectivity index (χ0) is 16.5. The quantitative estimate of drug-likeness (QED) is 0.352. The van der Waals surface area contributed by atoms with Crippen LogP contribution in [0.2, 0.25) is 0 Å². The summed E-state index contributed by atoms with van der Waals surface area (Å²) in [4.78, 5) is 55.1. The molecule has 0 heterocycles. The molecular weight excluding hydrogens is 380 g/mol. The van der Waals surface area contributed by atoms with Crippen molar-refractivity contribution in [3.05, 3.63) is 33.9 Å². The Labute approximate surface area is 229 Å². The third-order valence-electron chi connectivity index (χ3n) is 2.54. The molecule has 0 spiro atoms. The van der Waals surface area contributed by atoms with Crippen LogP contribution in [0, 0.1) is 0 Å². The van der Waals surface area contributed by atoms with E-state index in [1.165, 1.54) is 0 Å². The molecule has 0 unspecified atom stereocenters. The Morgan fingerprint density at radius 3 is 1.16 bits per heavy atom. The molecule has 1 rings (SSSR count). The summed E-state index contributed by atoms with van der Waals surface area (Å²) in [7, 11) is 0. The van der Waals surface area contributed by atoms with E-state index in [4.69, 9.17) is 0 Å². The normalized spacial score (nSPS) is 8.36. The van der Waals surface area contributed by atoms with Crippen molar-refractivity contribution in [2.24, 2.45) is 0 Å². The minimum Gasteiger partial charge on any atom is -0.545 e. The molecule has 25 heavy (non-hydrogen) atoms. The van der Waals surface area contributed by atoms with Crippen LogP contribution in [0.25, 0.3) is 0 Å². The van der Waals surface area contributed by atoms with E-state index in [9.17, 15) is 44.4 Å². The molecule has 0 aliphatic rings. The summed E-state index contributed by atoms with van der Waals surface area (Å²) in [5.41, 5.74) is -6.38. The van der Waals surface area contributed by atoms with Gasteiger partial charge in [-0.05, 0) is 13.0 Å². The van der Waals surface area contributed by atoms with E-state index in [-0.39, 0.29) is 118 Å². The van der Waals surface area contributed by atoms with Crippen LogP contribution >= 0.6 is 0 Å². The van der Waals surface area contributed by atoms with E-state index in [0.717, 1.165) is 6.92 Å². The first kappa shape index (κ1) is 33.4. The maximum absolute atomic E-state index is 11.3. The molecule has 13 heteroatoms. The Bertz CT molecular complexity index is 665. The van der Waals surface area contributed by atoms with Crippen LogP contribution in [-0.4, -0.2) is 29.7 Å².